The van der Waals surface area contributed by atoms with Gasteiger partial charge in [0.15, 0.2) is 0 Å². The van der Waals surface area contributed by atoms with Crippen molar-refractivity contribution in [1.82, 2.24) is 4.90 Å². The minimum Gasteiger partial charge on any atom is -0.467 e. The van der Waals surface area contributed by atoms with Crippen LogP contribution < -0.4 is 4.90 Å². The Balaban J connectivity index is 1.56. The van der Waals surface area contributed by atoms with Gasteiger partial charge in [0.05, 0.1) is 24.6 Å². The van der Waals surface area contributed by atoms with Crippen LogP contribution in [0.3, 0.4) is 0 Å². The predicted octanol–water partition coefficient (Wildman–Crippen LogP) is 3.30. The van der Waals surface area contributed by atoms with Crippen LogP contribution in [0.2, 0.25) is 0 Å². The van der Waals surface area contributed by atoms with E-state index in [1.807, 2.05) is 31.2 Å². The first-order chi connectivity index (χ1) is 13.5. The molecule has 3 amide bonds. The summed E-state index contributed by atoms with van der Waals surface area (Å²) in [4.78, 5) is 41.3. The number of amides is 3. The second-order valence-corrected chi connectivity index (χ2v) is 7.65. The monoisotopic (exact) mass is 380 g/mol. The van der Waals surface area contributed by atoms with Crippen molar-refractivity contribution in [2.45, 2.75) is 39.2 Å². The Kier molecular flexibility index (Phi) is 5.03. The molecule has 146 valence electrons. The zero-order valence-corrected chi connectivity index (χ0v) is 16.0. The average Bonchev–Trinajstić information content (AvgIpc) is 3.30. The third-order valence-corrected chi connectivity index (χ3v) is 5.77. The van der Waals surface area contributed by atoms with Crippen LogP contribution in [-0.4, -0.2) is 29.2 Å². The molecule has 0 radical (unpaired) electrons. The van der Waals surface area contributed by atoms with E-state index in [-0.39, 0.29) is 42.6 Å². The van der Waals surface area contributed by atoms with Crippen LogP contribution in [0.4, 0.5) is 5.69 Å². The van der Waals surface area contributed by atoms with Gasteiger partial charge in [-0.15, -0.1) is 0 Å². The van der Waals surface area contributed by atoms with Crippen molar-refractivity contribution in [3.63, 3.8) is 0 Å². The minimum absolute atomic E-state index is 0.190. The molecule has 1 aromatic heterocycles. The summed E-state index contributed by atoms with van der Waals surface area (Å²) in [5.41, 5.74) is 1.80. The zero-order valence-electron chi connectivity index (χ0n) is 16.0. The van der Waals surface area contributed by atoms with E-state index < -0.39 is 0 Å². The number of imide groups is 1. The SMILES string of the molecule is Cc1ccc(N(Cc2ccco2)C(=O)CN2C(=O)[C@H]3CCCC[C@H]3C2=O)cc1. The highest BCUT2D eigenvalue weighted by Gasteiger charge is 2.48. The maximum Gasteiger partial charge on any atom is 0.247 e. The summed E-state index contributed by atoms with van der Waals surface area (Å²) in [5.74, 6) is -0.518. The van der Waals surface area contributed by atoms with Gasteiger partial charge in [0, 0.05) is 5.69 Å². The average molecular weight is 380 g/mol. The second kappa shape index (κ2) is 7.62. The van der Waals surface area contributed by atoms with Gasteiger partial charge in [0.25, 0.3) is 0 Å². The molecule has 2 aromatic rings. The summed E-state index contributed by atoms with van der Waals surface area (Å²) in [6.07, 6.45) is 4.99. The molecule has 0 bridgehead atoms. The number of benzene rings is 1. The fourth-order valence-electron chi connectivity index (χ4n) is 4.21. The van der Waals surface area contributed by atoms with Gasteiger partial charge in [-0.3, -0.25) is 19.3 Å². The Morgan fingerprint density at radius 1 is 1.07 bits per heavy atom. The van der Waals surface area contributed by atoms with Gasteiger partial charge in [-0.2, -0.15) is 0 Å². The van der Waals surface area contributed by atoms with Crippen LogP contribution in [-0.2, 0) is 20.9 Å². The quantitative estimate of drug-likeness (QED) is 0.746. The van der Waals surface area contributed by atoms with Crippen LogP contribution in [0.5, 0.6) is 0 Å². The van der Waals surface area contributed by atoms with Gasteiger partial charge in [-0.25, -0.2) is 0 Å². The van der Waals surface area contributed by atoms with Crippen molar-refractivity contribution in [2.75, 3.05) is 11.4 Å². The molecule has 6 heteroatoms. The first kappa shape index (κ1) is 18.5. The molecule has 1 aliphatic heterocycles. The van der Waals surface area contributed by atoms with E-state index in [0.717, 1.165) is 31.2 Å². The molecule has 0 unspecified atom stereocenters. The molecule has 1 saturated heterocycles. The third-order valence-electron chi connectivity index (χ3n) is 5.77. The van der Waals surface area contributed by atoms with Gasteiger partial charge in [0.1, 0.15) is 12.3 Å². The highest BCUT2D eigenvalue weighted by molar-refractivity contribution is 6.09. The number of aryl methyl sites for hydroxylation is 1. The van der Waals surface area contributed by atoms with Crippen molar-refractivity contribution < 1.29 is 18.8 Å². The van der Waals surface area contributed by atoms with Crippen LogP contribution in [0.25, 0.3) is 0 Å². The normalized spacial score (nSPS) is 21.7. The van der Waals surface area contributed by atoms with Gasteiger partial charge < -0.3 is 9.32 Å². The maximum atomic E-state index is 13.1. The fourth-order valence-corrected chi connectivity index (χ4v) is 4.21. The van der Waals surface area contributed by atoms with E-state index in [0.29, 0.717) is 11.4 Å². The molecular weight excluding hydrogens is 356 g/mol. The van der Waals surface area contributed by atoms with Crippen LogP contribution in [0.1, 0.15) is 37.0 Å². The van der Waals surface area contributed by atoms with Gasteiger partial charge in [0.2, 0.25) is 17.7 Å². The second-order valence-electron chi connectivity index (χ2n) is 7.65. The predicted molar refractivity (Wildman–Crippen MR) is 103 cm³/mol. The van der Waals surface area contributed by atoms with Crippen molar-refractivity contribution >= 4 is 23.4 Å². The lowest BCUT2D eigenvalue weighted by molar-refractivity contribution is -0.143. The lowest BCUT2D eigenvalue weighted by Crippen LogP contribution is -2.43. The number of rotatable bonds is 5. The first-order valence-electron chi connectivity index (χ1n) is 9.79. The molecule has 6 nitrogen and oxygen atoms in total. The van der Waals surface area contributed by atoms with E-state index >= 15 is 0 Å². The molecular formula is C22H24N2O4. The van der Waals surface area contributed by atoms with Gasteiger partial charge in [-0.1, -0.05) is 30.5 Å². The summed E-state index contributed by atoms with van der Waals surface area (Å²) in [5, 5.41) is 0. The number of fused-ring (bicyclic) bond motifs is 1. The number of hydrogen-bond donors (Lipinski definition) is 0. The summed E-state index contributed by atoms with van der Waals surface area (Å²) in [6, 6.07) is 11.2. The zero-order chi connectivity index (χ0) is 19.7. The van der Waals surface area contributed by atoms with Crippen molar-refractivity contribution in [3.8, 4) is 0 Å². The smallest absolute Gasteiger partial charge is 0.247 e. The van der Waals surface area contributed by atoms with Crippen molar-refractivity contribution in [1.29, 1.82) is 0 Å². The first-order valence-corrected chi connectivity index (χ1v) is 9.79. The molecule has 2 fully saturated rings. The van der Waals surface area contributed by atoms with E-state index in [1.165, 1.54) is 4.90 Å². The third kappa shape index (κ3) is 3.46. The van der Waals surface area contributed by atoms with Crippen LogP contribution in [0, 0.1) is 18.8 Å². The van der Waals surface area contributed by atoms with Gasteiger partial charge in [-0.05, 0) is 44.0 Å². The molecule has 4 rings (SSSR count). The number of hydrogen-bond acceptors (Lipinski definition) is 4. The van der Waals surface area contributed by atoms with E-state index in [9.17, 15) is 14.4 Å². The molecule has 28 heavy (non-hydrogen) atoms. The van der Waals surface area contributed by atoms with Crippen LogP contribution in [0.15, 0.2) is 47.1 Å². The summed E-state index contributed by atoms with van der Waals surface area (Å²) >= 11 is 0. The number of carbonyl (C=O) groups excluding carboxylic acids is 3. The largest absolute Gasteiger partial charge is 0.467 e. The highest BCUT2D eigenvalue weighted by Crippen LogP contribution is 2.38. The Hall–Kier alpha value is -2.89. The Labute approximate surface area is 164 Å². The number of nitrogens with zero attached hydrogens (tertiary/aromatic N) is 2. The lowest BCUT2D eigenvalue weighted by Gasteiger charge is -2.24. The van der Waals surface area contributed by atoms with E-state index in [4.69, 9.17) is 4.42 Å². The molecule has 1 aromatic carbocycles. The fraction of sp³-hybridized carbons (Fsp3) is 0.409. The maximum absolute atomic E-state index is 13.1. The summed E-state index contributed by atoms with van der Waals surface area (Å²) in [7, 11) is 0. The Morgan fingerprint density at radius 3 is 2.29 bits per heavy atom. The highest BCUT2D eigenvalue weighted by atomic mass is 16.3. The van der Waals surface area contributed by atoms with Crippen LogP contribution >= 0.6 is 0 Å². The number of likely N-dealkylation sites (tertiary alicyclic amines) is 1. The van der Waals surface area contributed by atoms with E-state index in [1.54, 1.807) is 23.3 Å². The molecule has 2 heterocycles. The van der Waals surface area contributed by atoms with Crippen molar-refractivity contribution in [2.24, 2.45) is 11.8 Å². The number of furan rings is 1. The molecule has 0 spiro atoms. The number of carbonyl (C=O) groups is 3. The summed E-state index contributed by atoms with van der Waals surface area (Å²) in [6.45, 7) is 2.00. The summed E-state index contributed by atoms with van der Waals surface area (Å²) < 4.78 is 5.41. The molecule has 1 aliphatic carbocycles. The standard InChI is InChI=1S/C22H24N2O4/c1-15-8-10-16(11-9-15)23(13-17-5-4-12-28-17)20(25)14-24-21(26)18-6-2-3-7-19(18)22(24)27/h4-5,8-12,18-19H,2-3,6-7,13-14H2,1H3/t18-,19+. The van der Waals surface area contributed by atoms with Gasteiger partial charge >= 0.3 is 0 Å². The minimum atomic E-state index is -0.291. The molecule has 1 saturated carbocycles. The lowest BCUT2D eigenvalue weighted by atomic mass is 9.81. The Morgan fingerprint density at radius 2 is 1.71 bits per heavy atom. The van der Waals surface area contributed by atoms with E-state index in [2.05, 4.69) is 0 Å². The topological polar surface area (TPSA) is 70.8 Å². The van der Waals surface area contributed by atoms with Crippen molar-refractivity contribution in [3.05, 3.63) is 54.0 Å². The molecule has 0 N–H and O–H groups in total. The number of anilines is 1. The Bertz CT molecular complexity index is 848. The molecule has 2 aliphatic rings. The molecule has 2 atom stereocenters.